The van der Waals surface area contributed by atoms with Crippen LogP contribution in [0.1, 0.15) is 52.8 Å². The predicted octanol–water partition coefficient (Wildman–Crippen LogP) is 2.07. The highest BCUT2D eigenvalue weighted by Gasteiger charge is 2.39. The van der Waals surface area contributed by atoms with Gasteiger partial charge in [0.15, 0.2) is 6.29 Å². The summed E-state index contributed by atoms with van der Waals surface area (Å²) in [5, 5.41) is 2.92. The first-order valence-electron chi connectivity index (χ1n) is 6.86. The number of aldehydes is 1. The Balaban J connectivity index is 2.30. The second-order valence-electron chi connectivity index (χ2n) is 5.28. The van der Waals surface area contributed by atoms with Crippen LogP contribution >= 0.6 is 11.6 Å². The average Bonchev–Trinajstić information content (AvgIpc) is 2.47. The lowest BCUT2D eigenvalue weighted by Gasteiger charge is -2.35. The zero-order valence-electron chi connectivity index (χ0n) is 11.5. The van der Waals surface area contributed by atoms with Crippen molar-refractivity contribution in [2.24, 2.45) is 5.73 Å². The molecule has 2 amide bonds. The zero-order valence-corrected chi connectivity index (χ0v) is 12.3. The van der Waals surface area contributed by atoms with E-state index < -0.39 is 17.4 Å². The summed E-state index contributed by atoms with van der Waals surface area (Å²) in [6, 6.07) is 4.62. The Morgan fingerprint density at radius 1 is 1.24 bits per heavy atom. The Hall–Kier alpha value is -1.88. The number of nitrogens with two attached hydrogens (primary N) is 1. The number of hydrogen-bond acceptors (Lipinski definition) is 3. The minimum atomic E-state index is -1.03. The fraction of sp³-hybridized carbons (Fsp3) is 0.400. The van der Waals surface area contributed by atoms with E-state index in [1.807, 2.05) is 0 Å². The molecule has 0 aliphatic heterocycles. The van der Waals surface area contributed by atoms with Gasteiger partial charge in [0.25, 0.3) is 5.91 Å². The van der Waals surface area contributed by atoms with Crippen molar-refractivity contribution in [1.29, 1.82) is 0 Å². The average molecular weight is 309 g/mol. The molecule has 0 saturated heterocycles. The van der Waals surface area contributed by atoms with Gasteiger partial charge >= 0.3 is 0 Å². The molecule has 0 atom stereocenters. The van der Waals surface area contributed by atoms with Crippen LogP contribution < -0.4 is 11.1 Å². The second-order valence-corrected chi connectivity index (χ2v) is 5.69. The van der Waals surface area contributed by atoms with Gasteiger partial charge in [0.2, 0.25) is 5.91 Å². The molecule has 0 spiro atoms. The molecule has 1 aromatic carbocycles. The van der Waals surface area contributed by atoms with E-state index in [4.69, 9.17) is 17.3 Å². The van der Waals surface area contributed by atoms with Crippen LogP contribution in [0.3, 0.4) is 0 Å². The van der Waals surface area contributed by atoms with Crippen LogP contribution in [0.5, 0.6) is 0 Å². The molecule has 1 aliphatic carbocycles. The number of rotatable bonds is 4. The van der Waals surface area contributed by atoms with Crippen molar-refractivity contribution in [3.05, 3.63) is 34.3 Å². The third-order valence-electron chi connectivity index (χ3n) is 3.95. The SMILES string of the molecule is NC(=O)C1(NC(=O)c2cccc(Cl)c2C=O)CCCCC1. The van der Waals surface area contributed by atoms with Crippen molar-refractivity contribution >= 4 is 29.7 Å². The number of benzene rings is 1. The standard InChI is InChI=1S/C15H17ClN2O3/c16-12-6-4-5-10(11(12)9-19)13(20)18-15(14(17)21)7-2-1-3-8-15/h4-6,9H,1-3,7-8H2,(H2,17,21)(H,18,20). The summed E-state index contributed by atoms with van der Waals surface area (Å²) in [6.07, 6.45) is 4.26. The van der Waals surface area contributed by atoms with Crippen molar-refractivity contribution in [2.75, 3.05) is 0 Å². The summed E-state index contributed by atoms with van der Waals surface area (Å²) >= 11 is 5.91. The van der Waals surface area contributed by atoms with Gasteiger partial charge in [-0.1, -0.05) is 36.9 Å². The third-order valence-corrected chi connectivity index (χ3v) is 4.28. The topological polar surface area (TPSA) is 89.3 Å². The second kappa shape index (κ2) is 6.26. The monoisotopic (exact) mass is 308 g/mol. The lowest BCUT2D eigenvalue weighted by Crippen LogP contribution is -2.58. The molecular formula is C15H17ClN2O3. The van der Waals surface area contributed by atoms with Crippen molar-refractivity contribution in [1.82, 2.24) is 5.32 Å². The van der Waals surface area contributed by atoms with Gasteiger partial charge in [0.05, 0.1) is 10.6 Å². The molecule has 3 N–H and O–H groups in total. The molecule has 1 aliphatic rings. The minimum Gasteiger partial charge on any atom is -0.368 e. The number of amides is 2. The molecule has 2 rings (SSSR count). The van der Waals surface area contributed by atoms with Gasteiger partial charge in [-0.25, -0.2) is 0 Å². The highest BCUT2D eigenvalue weighted by molar-refractivity contribution is 6.33. The fourth-order valence-electron chi connectivity index (χ4n) is 2.73. The number of hydrogen-bond donors (Lipinski definition) is 2. The molecule has 1 aromatic rings. The lowest BCUT2D eigenvalue weighted by atomic mass is 9.81. The quantitative estimate of drug-likeness (QED) is 0.834. The summed E-state index contributed by atoms with van der Waals surface area (Å²) in [5.74, 6) is -1.04. The maximum atomic E-state index is 12.4. The molecule has 0 bridgehead atoms. The van der Waals surface area contributed by atoms with Crippen LogP contribution in [0.25, 0.3) is 0 Å². The molecule has 1 saturated carbocycles. The zero-order chi connectivity index (χ0) is 15.5. The third kappa shape index (κ3) is 3.08. The van der Waals surface area contributed by atoms with Crippen LogP contribution in [0.15, 0.2) is 18.2 Å². The number of carbonyl (C=O) groups excluding carboxylic acids is 3. The Kier molecular flexibility index (Phi) is 4.63. The number of nitrogens with one attached hydrogen (secondary N) is 1. The van der Waals surface area contributed by atoms with Gasteiger partial charge in [-0.15, -0.1) is 0 Å². The van der Waals surface area contributed by atoms with E-state index >= 15 is 0 Å². The van der Waals surface area contributed by atoms with Gasteiger partial charge in [-0.2, -0.15) is 0 Å². The van der Waals surface area contributed by atoms with Gasteiger partial charge < -0.3 is 11.1 Å². The summed E-state index contributed by atoms with van der Waals surface area (Å²) in [6.45, 7) is 0. The summed E-state index contributed by atoms with van der Waals surface area (Å²) in [7, 11) is 0. The van der Waals surface area contributed by atoms with Crippen LogP contribution in [0.4, 0.5) is 0 Å². The van der Waals surface area contributed by atoms with Gasteiger partial charge in [-0.3, -0.25) is 14.4 Å². The molecule has 0 radical (unpaired) electrons. The molecular weight excluding hydrogens is 292 g/mol. The van der Waals surface area contributed by atoms with Crippen molar-refractivity contribution in [3.63, 3.8) is 0 Å². The Bertz CT molecular complexity index is 580. The van der Waals surface area contributed by atoms with Crippen LogP contribution in [0, 0.1) is 0 Å². The fourth-order valence-corrected chi connectivity index (χ4v) is 2.95. The maximum absolute atomic E-state index is 12.4. The summed E-state index contributed by atoms with van der Waals surface area (Å²) in [5.41, 5.74) is 4.72. The Morgan fingerprint density at radius 2 is 1.90 bits per heavy atom. The van der Waals surface area contributed by atoms with E-state index in [1.54, 1.807) is 6.07 Å². The first-order valence-corrected chi connectivity index (χ1v) is 7.24. The molecule has 0 heterocycles. The summed E-state index contributed by atoms with van der Waals surface area (Å²) < 4.78 is 0. The highest BCUT2D eigenvalue weighted by Crippen LogP contribution is 2.29. The normalized spacial score (nSPS) is 17.0. The van der Waals surface area contributed by atoms with Gasteiger partial charge in [-0.05, 0) is 25.0 Å². The van der Waals surface area contributed by atoms with E-state index in [2.05, 4.69) is 5.32 Å². The number of primary amides is 1. The van der Waals surface area contributed by atoms with Crippen molar-refractivity contribution in [3.8, 4) is 0 Å². The van der Waals surface area contributed by atoms with Crippen LogP contribution in [-0.2, 0) is 4.79 Å². The van der Waals surface area contributed by atoms with E-state index in [0.29, 0.717) is 19.1 Å². The molecule has 0 unspecified atom stereocenters. The van der Waals surface area contributed by atoms with E-state index in [-0.39, 0.29) is 16.1 Å². The molecule has 21 heavy (non-hydrogen) atoms. The molecule has 5 nitrogen and oxygen atoms in total. The largest absolute Gasteiger partial charge is 0.368 e. The predicted molar refractivity (Wildman–Crippen MR) is 79.3 cm³/mol. The lowest BCUT2D eigenvalue weighted by molar-refractivity contribution is -0.125. The highest BCUT2D eigenvalue weighted by atomic mass is 35.5. The first-order chi connectivity index (χ1) is 10.00. The summed E-state index contributed by atoms with van der Waals surface area (Å²) in [4.78, 5) is 35.3. The molecule has 6 heteroatoms. The van der Waals surface area contributed by atoms with Gasteiger partial charge in [0.1, 0.15) is 5.54 Å². The molecule has 1 fully saturated rings. The van der Waals surface area contributed by atoms with Crippen LogP contribution in [0.2, 0.25) is 5.02 Å². The Labute approximate surface area is 127 Å². The van der Waals surface area contributed by atoms with E-state index in [9.17, 15) is 14.4 Å². The molecule has 0 aromatic heterocycles. The Morgan fingerprint density at radius 3 is 2.48 bits per heavy atom. The maximum Gasteiger partial charge on any atom is 0.252 e. The van der Waals surface area contributed by atoms with Crippen LogP contribution in [-0.4, -0.2) is 23.6 Å². The number of halogens is 1. The van der Waals surface area contributed by atoms with Gasteiger partial charge in [0, 0.05) is 5.56 Å². The van der Waals surface area contributed by atoms with Crippen molar-refractivity contribution < 1.29 is 14.4 Å². The minimum absolute atomic E-state index is 0.118. The smallest absolute Gasteiger partial charge is 0.252 e. The number of carbonyl (C=O) groups is 3. The van der Waals surface area contributed by atoms with Crippen molar-refractivity contribution in [2.45, 2.75) is 37.6 Å². The first kappa shape index (κ1) is 15.5. The van der Waals surface area contributed by atoms with E-state index in [0.717, 1.165) is 19.3 Å². The molecule has 112 valence electrons. The van der Waals surface area contributed by atoms with E-state index in [1.165, 1.54) is 12.1 Å².